The van der Waals surface area contributed by atoms with Gasteiger partial charge in [0.25, 0.3) is 0 Å². The first-order valence-electron chi connectivity index (χ1n) is 1.32. The molecule has 0 aromatic rings. The number of aliphatic hydroxyl groups excluding tert-OH is 1. The van der Waals surface area contributed by atoms with E-state index < -0.39 is 0 Å². The van der Waals surface area contributed by atoms with Gasteiger partial charge in [-0.25, -0.2) is 0 Å². The molecule has 0 aromatic carbocycles. The summed E-state index contributed by atoms with van der Waals surface area (Å²) in [5.41, 5.74) is 0. The Labute approximate surface area is 33.9 Å². The molecule has 0 heterocycles. The minimum Gasteiger partial charge on any atom is -0.516 e. The van der Waals surface area contributed by atoms with E-state index in [9.17, 15) is 0 Å². The first-order chi connectivity index (χ1) is 2.41. The number of allylic oxidation sites excluding steroid dienone is 1. The van der Waals surface area contributed by atoms with E-state index in [1.807, 2.05) is 0 Å². The highest BCUT2D eigenvalue weighted by molar-refractivity contribution is 7.16. The van der Waals surface area contributed by atoms with E-state index in [0.717, 1.165) is 6.26 Å². The predicted octanol–water partition coefficient (Wildman–Crippen LogP) is 1.47. The summed E-state index contributed by atoms with van der Waals surface area (Å²) >= 11 is 0. The molecule has 0 bridgehead atoms. The Morgan fingerprint density at radius 2 is 2.40 bits per heavy atom. The van der Waals surface area contributed by atoms with Crippen LogP contribution in [0.4, 0.5) is 0 Å². The molecule has 0 atom stereocenters. The van der Waals surface area contributed by atoms with Crippen LogP contribution >= 0.6 is 9.24 Å². The number of hydrogen-bond acceptors (Lipinski definition) is 1. The molecule has 1 nitrogen and oxygen atoms in total. The van der Waals surface area contributed by atoms with Gasteiger partial charge in [0.15, 0.2) is 0 Å². The summed E-state index contributed by atoms with van der Waals surface area (Å²) in [4.78, 5) is 0. The average molecular weight is 88.0 g/mol. The van der Waals surface area contributed by atoms with Gasteiger partial charge < -0.3 is 5.11 Å². The maximum Gasteiger partial charge on any atom is 0.0755 e. The van der Waals surface area contributed by atoms with Gasteiger partial charge in [0.1, 0.15) is 0 Å². The van der Waals surface area contributed by atoms with Crippen LogP contribution in [0.3, 0.4) is 0 Å². The van der Waals surface area contributed by atoms with Crippen LogP contribution in [-0.2, 0) is 0 Å². The maximum absolute atomic E-state index is 7.84. The molecule has 0 aromatic heterocycles. The third kappa shape index (κ3) is 3.97. The molecular weight excluding hydrogens is 83.0 g/mol. The lowest BCUT2D eigenvalue weighted by molar-refractivity contribution is 0.473. The summed E-state index contributed by atoms with van der Waals surface area (Å²) in [7, 11) is 3.75. The quantitative estimate of drug-likeness (QED) is 0.380. The summed E-state index contributed by atoms with van der Waals surface area (Å²) in [5, 5.41) is 7.84. The molecular formula is C3H5OP. The van der Waals surface area contributed by atoms with E-state index in [0.29, 0.717) is 6.16 Å². The van der Waals surface area contributed by atoms with Crippen molar-refractivity contribution in [3.8, 4) is 0 Å². The molecule has 28 valence electrons. The van der Waals surface area contributed by atoms with Gasteiger partial charge in [0.2, 0.25) is 0 Å². The molecule has 0 saturated carbocycles. The fraction of sp³-hybridized carbons (Fsp3) is 0.333. The first-order valence-corrected chi connectivity index (χ1v) is 1.95. The molecule has 0 spiro atoms. The fourth-order valence-electron chi connectivity index (χ4n) is 0.0471. The Morgan fingerprint density at radius 3 is 2.40 bits per heavy atom. The molecule has 5 heavy (non-hydrogen) atoms. The minimum atomic E-state index is 0.608. The normalized spacial score (nSPS) is 9.80. The van der Waals surface area contributed by atoms with Crippen molar-refractivity contribution in [3.05, 3.63) is 12.3 Å². The molecule has 0 amide bonds. The van der Waals surface area contributed by atoms with Crippen LogP contribution in [0.25, 0.3) is 0 Å². The second-order valence-electron chi connectivity index (χ2n) is 0.567. The molecule has 2 radical (unpaired) electrons. The van der Waals surface area contributed by atoms with Crippen molar-refractivity contribution < 1.29 is 5.11 Å². The molecule has 0 rings (SSSR count). The van der Waals surface area contributed by atoms with Gasteiger partial charge in [-0.3, -0.25) is 0 Å². The SMILES string of the molecule is OC=CC[P]. The van der Waals surface area contributed by atoms with E-state index in [2.05, 4.69) is 9.24 Å². The molecule has 1 N–H and O–H groups in total. The minimum absolute atomic E-state index is 0.608. The highest BCUT2D eigenvalue weighted by Gasteiger charge is 1.55. The lowest BCUT2D eigenvalue weighted by Crippen LogP contribution is -1.52. The molecule has 0 saturated heterocycles. The van der Waals surface area contributed by atoms with Gasteiger partial charge in [-0.15, -0.1) is 0 Å². The second kappa shape index (κ2) is 3.97. The molecule has 0 unspecified atom stereocenters. The summed E-state index contributed by atoms with van der Waals surface area (Å²) < 4.78 is 0. The van der Waals surface area contributed by atoms with Crippen LogP contribution in [0.1, 0.15) is 0 Å². The smallest absolute Gasteiger partial charge is 0.0755 e. The topological polar surface area (TPSA) is 20.2 Å². The molecule has 0 aliphatic carbocycles. The Bertz CT molecular complexity index is 33.9. The van der Waals surface area contributed by atoms with Crippen LogP contribution in [0.5, 0.6) is 0 Å². The van der Waals surface area contributed by atoms with Gasteiger partial charge in [0, 0.05) is 0 Å². The highest BCUT2D eigenvalue weighted by Crippen LogP contribution is 1.77. The predicted molar refractivity (Wildman–Crippen MR) is 23.6 cm³/mol. The Morgan fingerprint density at radius 1 is 1.80 bits per heavy atom. The summed E-state index contributed by atoms with van der Waals surface area (Å²) in [6.45, 7) is 0. The van der Waals surface area contributed by atoms with E-state index in [-0.39, 0.29) is 0 Å². The maximum atomic E-state index is 7.84. The van der Waals surface area contributed by atoms with Gasteiger partial charge in [0.05, 0.1) is 6.26 Å². The number of aliphatic hydroxyl groups is 1. The molecule has 0 aliphatic rings. The van der Waals surface area contributed by atoms with Crippen LogP contribution in [0.2, 0.25) is 0 Å². The van der Waals surface area contributed by atoms with Crippen molar-refractivity contribution >= 4 is 9.24 Å². The lowest BCUT2D eigenvalue weighted by Gasteiger charge is -1.64. The van der Waals surface area contributed by atoms with Crippen molar-refractivity contribution in [2.75, 3.05) is 6.16 Å². The summed E-state index contributed by atoms with van der Waals surface area (Å²) in [5.74, 6) is 0. The van der Waals surface area contributed by atoms with E-state index in [1.165, 1.54) is 0 Å². The van der Waals surface area contributed by atoms with Crippen LogP contribution in [0, 0.1) is 0 Å². The summed E-state index contributed by atoms with van der Waals surface area (Å²) in [6, 6.07) is 0. The van der Waals surface area contributed by atoms with Gasteiger partial charge in [-0.2, -0.15) is 0 Å². The van der Waals surface area contributed by atoms with Crippen LogP contribution < -0.4 is 0 Å². The van der Waals surface area contributed by atoms with Crippen LogP contribution in [-0.4, -0.2) is 11.3 Å². The van der Waals surface area contributed by atoms with Gasteiger partial charge in [-0.05, 0) is 21.5 Å². The van der Waals surface area contributed by atoms with Crippen molar-refractivity contribution in [1.82, 2.24) is 0 Å². The highest BCUT2D eigenvalue weighted by atomic mass is 31.0. The Balaban J connectivity index is 2.62. The number of rotatable bonds is 1. The Hall–Kier alpha value is -0.0300. The third-order valence-electron chi connectivity index (χ3n) is 0.211. The van der Waals surface area contributed by atoms with E-state index in [4.69, 9.17) is 5.11 Å². The fourth-order valence-corrected chi connectivity index (χ4v) is 0.141. The average Bonchev–Trinajstić information content (AvgIpc) is 1.41. The molecule has 0 aliphatic heterocycles. The Kier molecular flexibility index (Phi) is 3.95. The zero-order valence-corrected chi connectivity index (χ0v) is 3.65. The zero-order valence-electron chi connectivity index (χ0n) is 2.76. The molecule has 0 fully saturated rings. The largest absolute Gasteiger partial charge is 0.516 e. The van der Waals surface area contributed by atoms with Crippen molar-refractivity contribution in [3.63, 3.8) is 0 Å². The monoisotopic (exact) mass is 88.0 g/mol. The van der Waals surface area contributed by atoms with Gasteiger partial charge >= 0.3 is 0 Å². The first kappa shape index (κ1) is 4.97. The second-order valence-corrected chi connectivity index (χ2v) is 0.932. The third-order valence-corrected chi connectivity index (χ3v) is 0.422. The summed E-state index contributed by atoms with van der Waals surface area (Å²) in [6.07, 6.45) is 3.13. The van der Waals surface area contributed by atoms with Crippen molar-refractivity contribution in [1.29, 1.82) is 0 Å². The van der Waals surface area contributed by atoms with Crippen LogP contribution in [0.15, 0.2) is 12.3 Å². The lowest BCUT2D eigenvalue weighted by atomic mass is 10.7. The van der Waals surface area contributed by atoms with Gasteiger partial charge in [-0.1, -0.05) is 0 Å². The van der Waals surface area contributed by atoms with Crippen molar-refractivity contribution in [2.45, 2.75) is 0 Å². The standard InChI is InChI=1S/C3H5OP/c4-2-1-3-5/h1-2,4H,3H2. The molecule has 2 heteroatoms. The van der Waals surface area contributed by atoms with E-state index >= 15 is 0 Å². The van der Waals surface area contributed by atoms with E-state index in [1.54, 1.807) is 6.08 Å². The number of hydrogen-bond donors (Lipinski definition) is 1. The zero-order chi connectivity index (χ0) is 4.12. The van der Waals surface area contributed by atoms with Crippen molar-refractivity contribution in [2.24, 2.45) is 0 Å².